The van der Waals surface area contributed by atoms with E-state index in [9.17, 15) is 4.79 Å². The van der Waals surface area contributed by atoms with Crippen molar-refractivity contribution in [3.8, 4) is 5.75 Å². The lowest BCUT2D eigenvalue weighted by atomic mass is 9.98. The van der Waals surface area contributed by atoms with Gasteiger partial charge in [-0.15, -0.1) is 0 Å². The number of aryl methyl sites for hydroxylation is 1. The minimum atomic E-state index is 0.305. The summed E-state index contributed by atoms with van der Waals surface area (Å²) < 4.78 is 10.7. The Kier molecular flexibility index (Phi) is 7.32. The predicted molar refractivity (Wildman–Crippen MR) is 103 cm³/mol. The first-order chi connectivity index (χ1) is 12.8. The molecule has 0 radical (unpaired) electrons. The fourth-order valence-electron chi connectivity index (χ4n) is 4.01. The van der Waals surface area contributed by atoms with Crippen molar-refractivity contribution in [1.82, 2.24) is 9.80 Å². The van der Waals surface area contributed by atoms with Crippen LogP contribution in [-0.2, 0) is 16.0 Å². The molecule has 3 rings (SSSR count). The fourth-order valence-corrected chi connectivity index (χ4v) is 4.01. The summed E-state index contributed by atoms with van der Waals surface area (Å²) in [7, 11) is 1.68. The van der Waals surface area contributed by atoms with Gasteiger partial charge in [0.25, 0.3) is 0 Å². The Morgan fingerprint density at radius 1 is 1.23 bits per heavy atom. The molecular weight excluding hydrogens is 328 g/mol. The van der Waals surface area contributed by atoms with Crippen LogP contribution in [0.2, 0.25) is 0 Å². The minimum Gasteiger partial charge on any atom is -0.497 e. The molecule has 2 aliphatic heterocycles. The van der Waals surface area contributed by atoms with Gasteiger partial charge in [-0.3, -0.25) is 9.69 Å². The van der Waals surface area contributed by atoms with E-state index in [0.717, 1.165) is 70.8 Å². The molecule has 26 heavy (non-hydrogen) atoms. The quantitative estimate of drug-likeness (QED) is 0.750. The van der Waals surface area contributed by atoms with E-state index >= 15 is 0 Å². The summed E-state index contributed by atoms with van der Waals surface area (Å²) in [6, 6.07) is 8.44. The molecule has 0 N–H and O–H groups in total. The zero-order chi connectivity index (χ0) is 18.2. The van der Waals surface area contributed by atoms with Crippen LogP contribution in [0.1, 0.15) is 37.7 Å². The smallest absolute Gasteiger partial charge is 0.223 e. The first kappa shape index (κ1) is 19.2. The van der Waals surface area contributed by atoms with E-state index in [1.165, 1.54) is 12.0 Å². The summed E-state index contributed by atoms with van der Waals surface area (Å²) in [6.07, 6.45) is 5.98. The summed E-state index contributed by atoms with van der Waals surface area (Å²) in [5.74, 6) is 1.16. The third kappa shape index (κ3) is 5.45. The van der Waals surface area contributed by atoms with E-state index in [-0.39, 0.29) is 0 Å². The number of benzene rings is 1. The zero-order valence-electron chi connectivity index (χ0n) is 16.0. The Labute approximate surface area is 157 Å². The van der Waals surface area contributed by atoms with Crippen molar-refractivity contribution < 1.29 is 14.3 Å². The highest BCUT2D eigenvalue weighted by Gasteiger charge is 2.26. The Morgan fingerprint density at radius 3 is 2.88 bits per heavy atom. The molecule has 2 fully saturated rings. The van der Waals surface area contributed by atoms with Crippen molar-refractivity contribution in [3.05, 3.63) is 29.8 Å². The monoisotopic (exact) mass is 360 g/mol. The van der Waals surface area contributed by atoms with Gasteiger partial charge in [0.15, 0.2) is 0 Å². The number of piperidine rings is 1. The third-order valence-electron chi connectivity index (χ3n) is 5.59. The molecule has 0 aromatic heterocycles. The molecule has 0 bridgehead atoms. The van der Waals surface area contributed by atoms with Crippen LogP contribution in [0.15, 0.2) is 24.3 Å². The SMILES string of the molecule is COc1cccc(CCC(=O)N2CCCC[C@H]2CCN2CCOCC2)c1. The van der Waals surface area contributed by atoms with Gasteiger partial charge in [0.2, 0.25) is 5.91 Å². The third-order valence-corrected chi connectivity index (χ3v) is 5.59. The Morgan fingerprint density at radius 2 is 2.08 bits per heavy atom. The molecule has 2 heterocycles. The Balaban J connectivity index is 1.50. The predicted octanol–water partition coefficient (Wildman–Crippen LogP) is 2.73. The van der Waals surface area contributed by atoms with Crippen LogP contribution in [0.3, 0.4) is 0 Å². The molecule has 144 valence electrons. The number of carbonyl (C=O) groups is 1. The number of rotatable bonds is 7. The molecule has 2 aliphatic rings. The van der Waals surface area contributed by atoms with Crippen LogP contribution >= 0.6 is 0 Å². The first-order valence-corrected chi connectivity index (χ1v) is 9.99. The summed E-state index contributed by atoms with van der Waals surface area (Å²) in [5.41, 5.74) is 1.17. The highest BCUT2D eigenvalue weighted by Crippen LogP contribution is 2.22. The maximum absolute atomic E-state index is 12.8. The number of carbonyl (C=O) groups excluding carboxylic acids is 1. The van der Waals surface area contributed by atoms with Crippen molar-refractivity contribution in [3.63, 3.8) is 0 Å². The summed E-state index contributed by atoms with van der Waals surface area (Å²) in [4.78, 5) is 17.5. The lowest BCUT2D eigenvalue weighted by Gasteiger charge is -2.37. The van der Waals surface area contributed by atoms with Gasteiger partial charge in [-0.2, -0.15) is 0 Å². The van der Waals surface area contributed by atoms with Crippen molar-refractivity contribution >= 4 is 5.91 Å². The van der Waals surface area contributed by atoms with E-state index < -0.39 is 0 Å². The maximum atomic E-state index is 12.8. The van der Waals surface area contributed by atoms with Crippen LogP contribution in [0.4, 0.5) is 0 Å². The van der Waals surface area contributed by atoms with E-state index in [4.69, 9.17) is 9.47 Å². The maximum Gasteiger partial charge on any atom is 0.223 e. The van der Waals surface area contributed by atoms with Gasteiger partial charge >= 0.3 is 0 Å². The molecule has 0 unspecified atom stereocenters. The van der Waals surface area contributed by atoms with Crippen LogP contribution in [0.5, 0.6) is 5.75 Å². The average Bonchev–Trinajstić information content (AvgIpc) is 2.71. The topological polar surface area (TPSA) is 42.0 Å². The molecule has 0 aliphatic carbocycles. The number of ether oxygens (including phenoxy) is 2. The lowest BCUT2D eigenvalue weighted by Crippen LogP contribution is -2.46. The molecule has 0 spiro atoms. The van der Waals surface area contributed by atoms with Crippen molar-refractivity contribution in [2.75, 3.05) is 46.5 Å². The van der Waals surface area contributed by atoms with E-state index in [1.54, 1.807) is 7.11 Å². The largest absolute Gasteiger partial charge is 0.497 e. The number of morpholine rings is 1. The van der Waals surface area contributed by atoms with E-state index in [1.807, 2.05) is 18.2 Å². The van der Waals surface area contributed by atoms with Gasteiger partial charge in [-0.05, 0) is 49.8 Å². The molecule has 2 saturated heterocycles. The number of nitrogens with zero attached hydrogens (tertiary/aromatic N) is 2. The summed E-state index contributed by atoms with van der Waals surface area (Å²) in [5, 5.41) is 0. The Hall–Kier alpha value is -1.59. The average molecular weight is 360 g/mol. The molecular formula is C21H32N2O3. The lowest BCUT2D eigenvalue weighted by molar-refractivity contribution is -0.135. The van der Waals surface area contributed by atoms with Crippen molar-refractivity contribution in [2.24, 2.45) is 0 Å². The summed E-state index contributed by atoms with van der Waals surface area (Å²) >= 11 is 0. The second kappa shape index (κ2) is 9.93. The van der Waals surface area contributed by atoms with Gasteiger partial charge in [0.1, 0.15) is 5.75 Å². The molecule has 0 saturated carbocycles. The Bertz CT molecular complexity index is 572. The molecule has 5 nitrogen and oxygen atoms in total. The number of methoxy groups -OCH3 is 1. The van der Waals surface area contributed by atoms with Gasteiger partial charge in [0, 0.05) is 38.6 Å². The molecule has 1 atom stereocenters. The second-order valence-corrected chi connectivity index (χ2v) is 7.33. The normalized spacial score (nSPS) is 21.6. The second-order valence-electron chi connectivity index (χ2n) is 7.33. The highest BCUT2D eigenvalue weighted by atomic mass is 16.5. The van der Waals surface area contributed by atoms with Gasteiger partial charge in [0.05, 0.1) is 20.3 Å². The number of amides is 1. The number of likely N-dealkylation sites (tertiary alicyclic amines) is 1. The van der Waals surface area contributed by atoms with Gasteiger partial charge < -0.3 is 14.4 Å². The summed E-state index contributed by atoms with van der Waals surface area (Å²) in [6.45, 7) is 5.73. The van der Waals surface area contributed by atoms with Crippen LogP contribution in [0, 0.1) is 0 Å². The number of hydrogen-bond donors (Lipinski definition) is 0. The molecule has 1 aromatic carbocycles. The number of hydrogen-bond acceptors (Lipinski definition) is 4. The highest BCUT2D eigenvalue weighted by molar-refractivity contribution is 5.77. The van der Waals surface area contributed by atoms with Crippen molar-refractivity contribution in [2.45, 2.75) is 44.6 Å². The van der Waals surface area contributed by atoms with Crippen LogP contribution < -0.4 is 4.74 Å². The van der Waals surface area contributed by atoms with Gasteiger partial charge in [-0.25, -0.2) is 0 Å². The fraction of sp³-hybridized carbons (Fsp3) is 0.667. The zero-order valence-corrected chi connectivity index (χ0v) is 16.0. The van der Waals surface area contributed by atoms with Gasteiger partial charge in [-0.1, -0.05) is 12.1 Å². The first-order valence-electron chi connectivity index (χ1n) is 9.99. The van der Waals surface area contributed by atoms with Crippen molar-refractivity contribution in [1.29, 1.82) is 0 Å². The standard InChI is InChI=1S/C21H32N2O3/c1-25-20-7-4-5-18(17-20)8-9-21(24)23-11-3-2-6-19(23)10-12-22-13-15-26-16-14-22/h4-5,7,17,19H,2-3,6,8-16H2,1H3/t19-/m0/s1. The van der Waals surface area contributed by atoms with Crippen LogP contribution in [-0.4, -0.2) is 68.3 Å². The molecule has 5 heteroatoms. The molecule has 1 aromatic rings. The minimum absolute atomic E-state index is 0.305. The van der Waals surface area contributed by atoms with Crippen LogP contribution in [0.25, 0.3) is 0 Å². The molecule has 1 amide bonds. The van der Waals surface area contributed by atoms with E-state index in [0.29, 0.717) is 18.4 Å². The van der Waals surface area contributed by atoms with E-state index in [2.05, 4.69) is 15.9 Å².